The summed E-state index contributed by atoms with van der Waals surface area (Å²) in [5.41, 5.74) is 3.09. The Labute approximate surface area is 163 Å². The van der Waals surface area contributed by atoms with Gasteiger partial charge >= 0.3 is 5.97 Å². The molecule has 1 aromatic carbocycles. The van der Waals surface area contributed by atoms with Crippen molar-refractivity contribution < 1.29 is 19.1 Å². The van der Waals surface area contributed by atoms with E-state index in [1.165, 1.54) is 4.90 Å². The smallest absolute Gasteiger partial charge is 0.325 e. The molecule has 0 unspecified atom stereocenters. The molecule has 7 nitrogen and oxygen atoms in total. The van der Waals surface area contributed by atoms with Crippen LogP contribution in [-0.2, 0) is 16.1 Å². The minimum atomic E-state index is -0.447. The standard InChI is InChI=1S/C21H23N3O4/c1-4-27-19(25)13-23(3)21(26)17-9-5-6-10-18(17)28-14-16-12-24-11-7-8-15(2)20(24)22-16/h5-12H,4,13-14H2,1-3H3. The van der Waals surface area contributed by atoms with Crippen LogP contribution in [0.15, 0.2) is 48.8 Å². The van der Waals surface area contributed by atoms with Crippen molar-refractivity contribution in [2.75, 3.05) is 20.2 Å². The van der Waals surface area contributed by atoms with Gasteiger partial charge in [-0.2, -0.15) is 0 Å². The molecule has 0 bridgehead atoms. The predicted molar refractivity (Wildman–Crippen MR) is 104 cm³/mol. The van der Waals surface area contributed by atoms with Crippen LogP contribution in [0.25, 0.3) is 5.65 Å². The van der Waals surface area contributed by atoms with Gasteiger partial charge in [-0.25, -0.2) is 4.98 Å². The van der Waals surface area contributed by atoms with Crippen molar-refractivity contribution in [1.29, 1.82) is 0 Å². The van der Waals surface area contributed by atoms with Crippen LogP contribution in [-0.4, -0.2) is 46.4 Å². The molecule has 1 amide bonds. The summed E-state index contributed by atoms with van der Waals surface area (Å²) in [5, 5.41) is 0. The maximum Gasteiger partial charge on any atom is 0.325 e. The van der Waals surface area contributed by atoms with Crippen molar-refractivity contribution in [3.8, 4) is 5.75 Å². The van der Waals surface area contributed by atoms with Crippen LogP contribution in [0.3, 0.4) is 0 Å². The zero-order valence-corrected chi connectivity index (χ0v) is 16.2. The van der Waals surface area contributed by atoms with E-state index >= 15 is 0 Å². The molecule has 0 N–H and O–H groups in total. The zero-order chi connectivity index (χ0) is 20.1. The molecular weight excluding hydrogens is 358 g/mol. The number of hydrogen-bond acceptors (Lipinski definition) is 5. The van der Waals surface area contributed by atoms with Crippen LogP contribution in [0, 0.1) is 6.92 Å². The average Bonchev–Trinajstić information content (AvgIpc) is 3.11. The Morgan fingerprint density at radius 1 is 1.18 bits per heavy atom. The number of rotatable bonds is 7. The number of aromatic nitrogens is 2. The summed E-state index contributed by atoms with van der Waals surface area (Å²) in [6, 6.07) is 10.9. The van der Waals surface area contributed by atoms with E-state index in [0.717, 1.165) is 16.9 Å². The number of benzene rings is 1. The number of pyridine rings is 1. The molecule has 3 rings (SSSR count). The SMILES string of the molecule is CCOC(=O)CN(C)C(=O)c1ccccc1OCc1cn2cccc(C)c2n1. The summed E-state index contributed by atoms with van der Waals surface area (Å²) in [6.07, 6.45) is 3.83. The maximum absolute atomic E-state index is 12.7. The quantitative estimate of drug-likeness (QED) is 0.589. The highest BCUT2D eigenvalue weighted by Gasteiger charge is 2.19. The van der Waals surface area contributed by atoms with Crippen LogP contribution in [0.2, 0.25) is 0 Å². The molecule has 0 saturated heterocycles. The summed E-state index contributed by atoms with van der Waals surface area (Å²) >= 11 is 0. The van der Waals surface area contributed by atoms with Crippen LogP contribution < -0.4 is 4.74 Å². The topological polar surface area (TPSA) is 73.1 Å². The van der Waals surface area contributed by atoms with Gasteiger partial charge in [0.1, 0.15) is 24.5 Å². The molecule has 0 atom stereocenters. The van der Waals surface area contributed by atoms with E-state index in [-0.39, 0.29) is 25.7 Å². The fourth-order valence-electron chi connectivity index (χ4n) is 2.87. The summed E-state index contributed by atoms with van der Waals surface area (Å²) in [4.78, 5) is 30.3. The van der Waals surface area contributed by atoms with E-state index < -0.39 is 5.97 Å². The highest BCUT2D eigenvalue weighted by Crippen LogP contribution is 2.21. The van der Waals surface area contributed by atoms with E-state index in [0.29, 0.717) is 11.3 Å². The van der Waals surface area contributed by atoms with Crippen LogP contribution >= 0.6 is 0 Å². The van der Waals surface area contributed by atoms with Gasteiger partial charge in [-0.15, -0.1) is 0 Å². The number of imidazole rings is 1. The third-order valence-electron chi connectivity index (χ3n) is 4.24. The number of amides is 1. The van der Waals surface area contributed by atoms with Crippen molar-refractivity contribution in [3.05, 3.63) is 65.6 Å². The summed E-state index contributed by atoms with van der Waals surface area (Å²) in [5.74, 6) is -0.316. The molecule has 146 valence electrons. The fourth-order valence-corrected chi connectivity index (χ4v) is 2.87. The normalized spacial score (nSPS) is 10.7. The molecule has 2 aromatic heterocycles. The highest BCUT2D eigenvalue weighted by molar-refractivity contribution is 5.98. The Kier molecular flexibility index (Phi) is 5.93. The molecule has 0 aliphatic heterocycles. The van der Waals surface area contributed by atoms with Gasteiger partial charge in [-0.1, -0.05) is 18.2 Å². The second-order valence-electron chi connectivity index (χ2n) is 6.41. The van der Waals surface area contributed by atoms with Gasteiger partial charge < -0.3 is 18.8 Å². The lowest BCUT2D eigenvalue weighted by Crippen LogP contribution is -2.33. The van der Waals surface area contributed by atoms with Gasteiger partial charge in [0.2, 0.25) is 0 Å². The van der Waals surface area contributed by atoms with Crippen LogP contribution in [0.4, 0.5) is 0 Å². The summed E-state index contributed by atoms with van der Waals surface area (Å²) < 4.78 is 12.7. The molecule has 0 aliphatic rings. The Morgan fingerprint density at radius 3 is 2.71 bits per heavy atom. The number of aryl methyl sites for hydroxylation is 1. The lowest BCUT2D eigenvalue weighted by molar-refractivity contribution is -0.143. The molecule has 0 spiro atoms. The average molecular weight is 381 g/mol. The monoisotopic (exact) mass is 381 g/mol. The molecular formula is C21H23N3O4. The number of nitrogens with zero attached hydrogens (tertiary/aromatic N) is 3. The van der Waals surface area contributed by atoms with Crippen LogP contribution in [0.5, 0.6) is 5.75 Å². The fraction of sp³-hybridized carbons (Fsp3) is 0.286. The number of likely N-dealkylation sites (N-methyl/N-ethyl adjacent to an activating group) is 1. The number of fused-ring (bicyclic) bond motifs is 1. The first kappa shape index (κ1) is 19.4. The Bertz CT molecular complexity index is 996. The van der Waals surface area contributed by atoms with Gasteiger partial charge in [0.05, 0.1) is 17.9 Å². The Morgan fingerprint density at radius 2 is 1.96 bits per heavy atom. The summed E-state index contributed by atoms with van der Waals surface area (Å²) in [6.45, 7) is 4.11. The number of ether oxygens (including phenoxy) is 2. The first-order chi connectivity index (χ1) is 13.5. The molecule has 28 heavy (non-hydrogen) atoms. The Balaban J connectivity index is 1.73. The highest BCUT2D eigenvalue weighted by atomic mass is 16.5. The molecule has 0 fully saturated rings. The van der Waals surface area contributed by atoms with Gasteiger partial charge in [0.25, 0.3) is 5.91 Å². The second kappa shape index (κ2) is 8.56. The first-order valence-electron chi connectivity index (χ1n) is 9.05. The van der Waals surface area contributed by atoms with Crippen LogP contribution in [0.1, 0.15) is 28.5 Å². The van der Waals surface area contributed by atoms with Crippen molar-refractivity contribution >= 4 is 17.5 Å². The molecule has 7 heteroatoms. The lowest BCUT2D eigenvalue weighted by Gasteiger charge is -2.18. The maximum atomic E-state index is 12.7. The Hall–Kier alpha value is -3.35. The lowest BCUT2D eigenvalue weighted by atomic mass is 10.1. The molecule has 3 aromatic rings. The van der Waals surface area contributed by atoms with Crippen molar-refractivity contribution in [1.82, 2.24) is 14.3 Å². The van der Waals surface area contributed by atoms with E-state index in [1.54, 1.807) is 38.2 Å². The number of hydrogen-bond donors (Lipinski definition) is 0. The number of esters is 1. The van der Waals surface area contributed by atoms with Crippen molar-refractivity contribution in [2.45, 2.75) is 20.5 Å². The van der Waals surface area contributed by atoms with Crippen molar-refractivity contribution in [3.63, 3.8) is 0 Å². The van der Waals surface area contributed by atoms with Gasteiger partial charge in [0, 0.05) is 19.4 Å². The molecule has 0 aliphatic carbocycles. The first-order valence-corrected chi connectivity index (χ1v) is 9.05. The molecule has 2 heterocycles. The number of carbonyl (C=O) groups is 2. The van der Waals surface area contributed by atoms with E-state index in [4.69, 9.17) is 9.47 Å². The summed E-state index contributed by atoms with van der Waals surface area (Å²) in [7, 11) is 1.56. The minimum absolute atomic E-state index is 0.118. The predicted octanol–water partition coefficient (Wildman–Crippen LogP) is 2.86. The number of para-hydroxylation sites is 1. The molecule has 0 saturated carbocycles. The van der Waals surface area contributed by atoms with Gasteiger partial charge in [0.15, 0.2) is 0 Å². The molecule has 0 radical (unpaired) electrons. The van der Waals surface area contributed by atoms with E-state index in [1.807, 2.05) is 35.9 Å². The van der Waals surface area contributed by atoms with Gasteiger partial charge in [-0.05, 0) is 37.6 Å². The largest absolute Gasteiger partial charge is 0.486 e. The van der Waals surface area contributed by atoms with E-state index in [2.05, 4.69) is 4.98 Å². The zero-order valence-electron chi connectivity index (χ0n) is 16.2. The number of carbonyl (C=O) groups excluding carboxylic acids is 2. The van der Waals surface area contributed by atoms with Gasteiger partial charge in [-0.3, -0.25) is 9.59 Å². The third-order valence-corrected chi connectivity index (χ3v) is 4.24. The second-order valence-corrected chi connectivity index (χ2v) is 6.41. The minimum Gasteiger partial charge on any atom is -0.486 e. The van der Waals surface area contributed by atoms with Crippen molar-refractivity contribution in [2.24, 2.45) is 0 Å². The third kappa shape index (κ3) is 4.31. The van der Waals surface area contributed by atoms with E-state index in [9.17, 15) is 9.59 Å².